The van der Waals surface area contributed by atoms with E-state index in [9.17, 15) is 9.59 Å². The number of nitrogens with zero attached hydrogens (tertiary/aromatic N) is 1. The summed E-state index contributed by atoms with van der Waals surface area (Å²) in [5.74, 6) is -0.155. The minimum Gasteiger partial charge on any atom is -0.459 e. The number of ether oxygens (including phenoxy) is 1. The van der Waals surface area contributed by atoms with Crippen LogP contribution in [0, 0.1) is 0 Å². The van der Waals surface area contributed by atoms with Gasteiger partial charge in [-0.1, -0.05) is 6.07 Å². The Morgan fingerprint density at radius 1 is 1.33 bits per heavy atom. The fraction of sp³-hybridized carbons (Fsp3) is 0.524. The molecule has 4 rings (SSSR count). The van der Waals surface area contributed by atoms with Crippen molar-refractivity contribution in [2.45, 2.75) is 58.2 Å². The van der Waals surface area contributed by atoms with E-state index >= 15 is 0 Å². The summed E-state index contributed by atoms with van der Waals surface area (Å²) in [7, 11) is 0. The van der Waals surface area contributed by atoms with Crippen molar-refractivity contribution in [1.29, 1.82) is 0 Å². The molecular formula is C21H27N3O3. The molecule has 0 radical (unpaired) electrons. The predicted molar refractivity (Wildman–Crippen MR) is 104 cm³/mol. The van der Waals surface area contributed by atoms with Crippen molar-refractivity contribution in [3.05, 3.63) is 35.0 Å². The van der Waals surface area contributed by atoms with E-state index in [0.717, 1.165) is 48.0 Å². The molecule has 0 unspecified atom stereocenters. The maximum absolute atomic E-state index is 12.6. The van der Waals surface area contributed by atoms with Gasteiger partial charge >= 0.3 is 5.97 Å². The molecule has 144 valence electrons. The number of aromatic nitrogens is 1. The molecular weight excluding hydrogens is 342 g/mol. The van der Waals surface area contributed by atoms with Crippen molar-refractivity contribution in [1.82, 2.24) is 15.2 Å². The molecule has 0 saturated carbocycles. The van der Waals surface area contributed by atoms with E-state index in [1.54, 1.807) is 0 Å². The number of benzene rings is 1. The molecule has 0 spiro atoms. The molecule has 1 fully saturated rings. The molecule has 3 heterocycles. The van der Waals surface area contributed by atoms with Crippen LogP contribution in [0.15, 0.2) is 18.2 Å². The van der Waals surface area contributed by atoms with Crippen molar-refractivity contribution >= 4 is 22.8 Å². The van der Waals surface area contributed by atoms with Crippen molar-refractivity contribution in [3.8, 4) is 0 Å². The van der Waals surface area contributed by atoms with Crippen molar-refractivity contribution in [2.24, 2.45) is 0 Å². The highest BCUT2D eigenvalue weighted by Crippen LogP contribution is 2.31. The smallest absolute Gasteiger partial charge is 0.323 e. The van der Waals surface area contributed by atoms with Crippen LogP contribution in [0.3, 0.4) is 0 Å². The van der Waals surface area contributed by atoms with Gasteiger partial charge in [0.25, 0.3) is 5.91 Å². The second-order valence-corrected chi connectivity index (χ2v) is 8.48. The average molecular weight is 369 g/mol. The monoisotopic (exact) mass is 369 g/mol. The standard InChI is InChI=1S/C21H27N3O3/c1-21(2,3)27-20(26)17-8-5-11-24(17)12-16-13-9-10-22-19(25)14-6-4-7-15(23-16)18(13)14/h4,6-7,17,23H,5,8-12H2,1-3H3,(H,22,25)/t17-/m0/s1. The van der Waals surface area contributed by atoms with Crippen LogP contribution in [0.4, 0.5) is 0 Å². The highest BCUT2D eigenvalue weighted by Gasteiger charge is 2.35. The number of carbonyl (C=O) groups excluding carboxylic acids is 2. The summed E-state index contributed by atoms with van der Waals surface area (Å²) in [5.41, 5.74) is 3.53. The lowest BCUT2D eigenvalue weighted by atomic mass is 10.0. The third kappa shape index (κ3) is 3.46. The Labute approximate surface area is 159 Å². The van der Waals surface area contributed by atoms with Crippen molar-refractivity contribution in [2.75, 3.05) is 13.1 Å². The minimum atomic E-state index is -0.475. The Kier molecular flexibility index (Phi) is 4.46. The maximum atomic E-state index is 12.6. The van der Waals surface area contributed by atoms with Gasteiger partial charge in [-0.05, 0) is 64.3 Å². The topological polar surface area (TPSA) is 74.4 Å². The molecule has 1 amide bonds. The van der Waals surface area contributed by atoms with Crippen LogP contribution >= 0.6 is 0 Å². The van der Waals surface area contributed by atoms with Crippen LogP contribution < -0.4 is 5.32 Å². The number of esters is 1. The first-order chi connectivity index (χ1) is 12.8. The molecule has 2 aliphatic rings. The van der Waals surface area contributed by atoms with Crippen LogP contribution in [0.2, 0.25) is 0 Å². The van der Waals surface area contributed by atoms with E-state index in [0.29, 0.717) is 13.1 Å². The second-order valence-electron chi connectivity index (χ2n) is 8.48. The minimum absolute atomic E-state index is 0.0160. The molecule has 27 heavy (non-hydrogen) atoms. The third-order valence-electron chi connectivity index (χ3n) is 5.32. The summed E-state index contributed by atoms with van der Waals surface area (Å²) in [4.78, 5) is 30.7. The average Bonchev–Trinajstić information content (AvgIpc) is 3.13. The van der Waals surface area contributed by atoms with Gasteiger partial charge in [-0.3, -0.25) is 14.5 Å². The number of hydrogen-bond acceptors (Lipinski definition) is 4. The van der Waals surface area contributed by atoms with Gasteiger partial charge < -0.3 is 15.0 Å². The fourth-order valence-corrected chi connectivity index (χ4v) is 4.22. The number of nitrogens with one attached hydrogen (secondary N) is 2. The van der Waals surface area contributed by atoms with Crippen LogP contribution in [0.5, 0.6) is 0 Å². The summed E-state index contributed by atoms with van der Waals surface area (Å²) in [6, 6.07) is 5.60. The molecule has 1 aromatic carbocycles. The number of likely N-dealkylation sites (tertiary alicyclic amines) is 1. The maximum Gasteiger partial charge on any atom is 0.323 e. The van der Waals surface area contributed by atoms with E-state index in [4.69, 9.17) is 4.74 Å². The first-order valence-corrected chi connectivity index (χ1v) is 9.71. The predicted octanol–water partition coefficient (Wildman–Crippen LogP) is 2.76. The van der Waals surface area contributed by atoms with Gasteiger partial charge in [0.05, 0.1) is 0 Å². The van der Waals surface area contributed by atoms with E-state index in [1.807, 2.05) is 39.0 Å². The van der Waals surface area contributed by atoms with Crippen LogP contribution in [0.25, 0.3) is 10.9 Å². The lowest BCUT2D eigenvalue weighted by Gasteiger charge is -2.27. The van der Waals surface area contributed by atoms with Crippen molar-refractivity contribution in [3.63, 3.8) is 0 Å². The Balaban J connectivity index is 1.63. The quantitative estimate of drug-likeness (QED) is 0.816. The molecule has 0 bridgehead atoms. The van der Waals surface area contributed by atoms with E-state index in [1.165, 1.54) is 5.56 Å². The SMILES string of the molecule is CC(C)(C)OC(=O)[C@@H]1CCCN1Cc1[nH]c2cccc3c2c1CCNC3=O. The van der Waals surface area contributed by atoms with Gasteiger partial charge in [-0.2, -0.15) is 0 Å². The lowest BCUT2D eigenvalue weighted by Crippen LogP contribution is -2.40. The highest BCUT2D eigenvalue weighted by atomic mass is 16.6. The molecule has 2 aliphatic heterocycles. The Bertz CT molecular complexity index is 894. The summed E-state index contributed by atoms with van der Waals surface area (Å²) >= 11 is 0. The van der Waals surface area contributed by atoms with E-state index < -0.39 is 5.60 Å². The first kappa shape index (κ1) is 18.0. The van der Waals surface area contributed by atoms with Gasteiger partial charge in [-0.25, -0.2) is 0 Å². The number of hydrogen-bond donors (Lipinski definition) is 2. The number of carbonyl (C=O) groups is 2. The van der Waals surface area contributed by atoms with Gasteiger partial charge in [0.1, 0.15) is 11.6 Å². The number of aromatic amines is 1. The molecule has 2 N–H and O–H groups in total. The zero-order chi connectivity index (χ0) is 19.2. The zero-order valence-corrected chi connectivity index (χ0v) is 16.2. The van der Waals surface area contributed by atoms with Gasteiger partial charge in [0.2, 0.25) is 0 Å². The zero-order valence-electron chi connectivity index (χ0n) is 16.2. The summed E-state index contributed by atoms with van der Waals surface area (Å²) < 4.78 is 5.62. The largest absolute Gasteiger partial charge is 0.459 e. The molecule has 2 aromatic rings. The highest BCUT2D eigenvalue weighted by molar-refractivity contribution is 6.08. The summed E-state index contributed by atoms with van der Waals surface area (Å²) in [6.07, 6.45) is 2.61. The summed E-state index contributed by atoms with van der Waals surface area (Å²) in [6.45, 7) is 7.89. The summed E-state index contributed by atoms with van der Waals surface area (Å²) in [5, 5.41) is 3.99. The van der Waals surface area contributed by atoms with Gasteiger partial charge in [-0.15, -0.1) is 0 Å². The van der Waals surface area contributed by atoms with Gasteiger partial charge in [0, 0.05) is 35.2 Å². The van der Waals surface area contributed by atoms with Gasteiger partial charge in [0.15, 0.2) is 0 Å². The van der Waals surface area contributed by atoms with E-state index in [-0.39, 0.29) is 17.9 Å². The third-order valence-corrected chi connectivity index (χ3v) is 5.32. The molecule has 6 heteroatoms. The van der Waals surface area contributed by atoms with Crippen LogP contribution in [-0.2, 0) is 22.5 Å². The Hall–Kier alpha value is -2.34. The molecule has 1 aromatic heterocycles. The number of rotatable bonds is 3. The normalized spacial score (nSPS) is 20.6. The first-order valence-electron chi connectivity index (χ1n) is 9.71. The van der Waals surface area contributed by atoms with Crippen LogP contribution in [0.1, 0.15) is 55.2 Å². The molecule has 1 atom stereocenters. The van der Waals surface area contributed by atoms with Crippen molar-refractivity contribution < 1.29 is 14.3 Å². The number of amides is 1. The number of H-pyrrole nitrogens is 1. The second kappa shape index (κ2) is 6.68. The van der Waals surface area contributed by atoms with Crippen LogP contribution in [-0.4, -0.2) is 46.5 Å². The fourth-order valence-electron chi connectivity index (χ4n) is 4.22. The molecule has 6 nitrogen and oxygen atoms in total. The Morgan fingerprint density at radius 2 is 2.15 bits per heavy atom. The lowest BCUT2D eigenvalue weighted by molar-refractivity contribution is -0.160. The molecule has 1 saturated heterocycles. The Morgan fingerprint density at radius 3 is 2.93 bits per heavy atom. The van der Waals surface area contributed by atoms with E-state index in [2.05, 4.69) is 15.2 Å². The molecule has 0 aliphatic carbocycles.